The Morgan fingerprint density at radius 2 is 1.59 bits per heavy atom. The Balaban J connectivity index is 2.98. The van der Waals surface area contributed by atoms with Gasteiger partial charge in [-0.3, -0.25) is 4.79 Å². The van der Waals surface area contributed by atoms with Gasteiger partial charge in [-0.2, -0.15) is 26.3 Å². The van der Waals surface area contributed by atoms with E-state index in [1.165, 1.54) is 0 Å². The second-order valence-electron chi connectivity index (χ2n) is 4.29. The van der Waals surface area contributed by atoms with Gasteiger partial charge in [-0.25, -0.2) is 4.79 Å². The standard InChI is InChI=1S/C12H5F6NO3/c13-11(14,15)4-1-5(12(16,17)18)9-6(2-4)19-7(10(21)22)3-8(9)20/h1-3H,(H,19,20)(H,21,22). The molecular formula is C12H5F6NO3. The quantitative estimate of drug-likeness (QED) is 0.791. The van der Waals surface area contributed by atoms with E-state index < -0.39 is 51.5 Å². The molecule has 0 aliphatic rings. The molecule has 1 aromatic heterocycles. The van der Waals surface area contributed by atoms with Crippen LogP contribution in [0.3, 0.4) is 0 Å². The molecule has 0 spiro atoms. The maximum Gasteiger partial charge on any atom is 0.417 e. The molecule has 10 heteroatoms. The first-order valence-electron chi connectivity index (χ1n) is 5.50. The van der Waals surface area contributed by atoms with Gasteiger partial charge in [-0.05, 0) is 12.1 Å². The number of carbonyl (C=O) groups is 1. The number of benzene rings is 1. The number of rotatable bonds is 1. The zero-order chi connectivity index (χ0) is 16.9. The molecule has 4 nitrogen and oxygen atoms in total. The normalized spacial score (nSPS) is 12.6. The third-order valence-electron chi connectivity index (χ3n) is 2.79. The van der Waals surface area contributed by atoms with Crippen molar-refractivity contribution in [1.82, 2.24) is 4.98 Å². The first kappa shape index (κ1) is 15.9. The van der Waals surface area contributed by atoms with E-state index in [1.807, 2.05) is 4.98 Å². The van der Waals surface area contributed by atoms with E-state index in [4.69, 9.17) is 5.11 Å². The third kappa shape index (κ3) is 2.76. The van der Waals surface area contributed by atoms with Crippen LogP contribution < -0.4 is 5.43 Å². The van der Waals surface area contributed by atoms with Gasteiger partial charge in [0, 0.05) is 6.07 Å². The zero-order valence-corrected chi connectivity index (χ0v) is 10.3. The first-order chi connectivity index (χ1) is 9.91. The van der Waals surface area contributed by atoms with Gasteiger partial charge in [0.1, 0.15) is 5.69 Å². The highest BCUT2D eigenvalue weighted by molar-refractivity contribution is 5.91. The third-order valence-corrected chi connectivity index (χ3v) is 2.79. The molecule has 0 bridgehead atoms. The number of carboxylic acids is 1. The highest BCUT2D eigenvalue weighted by Crippen LogP contribution is 2.38. The van der Waals surface area contributed by atoms with E-state index in [0.717, 1.165) is 0 Å². The van der Waals surface area contributed by atoms with Gasteiger partial charge in [-0.15, -0.1) is 0 Å². The Morgan fingerprint density at radius 1 is 1.00 bits per heavy atom. The predicted octanol–water partition coefficient (Wildman–Crippen LogP) is 3.26. The molecule has 1 heterocycles. The molecule has 0 atom stereocenters. The average molecular weight is 325 g/mol. The van der Waals surface area contributed by atoms with Crippen molar-refractivity contribution >= 4 is 16.9 Å². The number of carboxylic acid groups (broad SMARTS) is 1. The van der Waals surface area contributed by atoms with Gasteiger partial charge in [0.25, 0.3) is 0 Å². The number of hydrogen-bond acceptors (Lipinski definition) is 2. The molecule has 0 aliphatic carbocycles. The molecule has 0 fully saturated rings. The van der Waals surface area contributed by atoms with Crippen LogP contribution in [0.5, 0.6) is 0 Å². The van der Waals surface area contributed by atoms with Crippen LogP contribution in [0.2, 0.25) is 0 Å². The Kier molecular flexibility index (Phi) is 3.42. The van der Waals surface area contributed by atoms with Gasteiger partial charge in [0.05, 0.1) is 22.0 Å². The smallest absolute Gasteiger partial charge is 0.417 e. The minimum atomic E-state index is -5.21. The van der Waals surface area contributed by atoms with Crippen molar-refractivity contribution < 1.29 is 36.2 Å². The Hall–Kier alpha value is -2.52. The fraction of sp³-hybridized carbons (Fsp3) is 0.167. The van der Waals surface area contributed by atoms with Crippen molar-refractivity contribution in [2.45, 2.75) is 12.4 Å². The lowest BCUT2D eigenvalue weighted by Gasteiger charge is -2.14. The molecule has 0 aliphatic heterocycles. The summed E-state index contributed by atoms with van der Waals surface area (Å²) >= 11 is 0. The fourth-order valence-electron chi connectivity index (χ4n) is 1.89. The number of halogens is 6. The number of alkyl halides is 6. The molecule has 2 rings (SSSR count). The van der Waals surface area contributed by atoms with Crippen molar-refractivity contribution in [3.8, 4) is 0 Å². The number of fused-ring (bicyclic) bond motifs is 1. The average Bonchev–Trinajstić information content (AvgIpc) is 2.34. The fourth-order valence-corrected chi connectivity index (χ4v) is 1.89. The van der Waals surface area contributed by atoms with Crippen LogP contribution in [0.1, 0.15) is 21.6 Å². The summed E-state index contributed by atoms with van der Waals surface area (Å²) in [7, 11) is 0. The van der Waals surface area contributed by atoms with Crippen LogP contribution in [-0.4, -0.2) is 16.1 Å². The molecule has 2 aromatic rings. The minimum Gasteiger partial charge on any atom is -0.477 e. The van der Waals surface area contributed by atoms with Crippen LogP contribution in [0.4, 0.5) is 26.3 Å². The van der Waals surface area contributed by atoms with Gasteiger partial charge in [-0.1, -0.05) is 0 Å². The van der Waals surface area contributed by atoms with Crippen molar-refractivity contribution in [2.24, 2.45) is 0 Å². The maximum atomic E-state index is 12.9. The second-order valence-corrected chi connectivity index (χ2v) is 4.29. The molecule has 2 N–H and O–H groups in total. The Morgan fingerprint density at radius 3 is 2.05 bits per heavy atom. The lowest BCUT2D eigenvalue weighted by atomic mass is 10.0. The molecule has 0 radical (unpaired) electrons. The zero-order valence-electron chi connectivity index (χ0n) is 10.3. The number of pyridine rings is 1. The topological polar surface area (TPSA) is 70.2 Å². The summed E-state index contributed by atoms with van der Waals surface area (Å²) in [5.74, 6) is -1.69. The van der Waals surface area contributed by atoms with Crippen molar-refractivity contribution in [3.05, 3.63) is 45.2 Å². The molecule has 0 amide bonds. The molecule has 118 valence electrons. The Labute approximate surface area is 117 Å². The van der Waals surface area contributed by atoms with Crippen LogP contribution in [0, 0.1) is 0 Å². The maximum absolute atomic E-state index is 12.9. The molecule has 0 saturated carbocycles. The summed E-state index contributed by atoms with van der Waals surface area (Å²) in [6.45, 7) is 0. The largest absolute Gasteiger partial charge is 0.477 e. The van der Waals surface area contributed by atoms with Crippen molar-refractivity contribution in [2.75, 3.05) is 0 Å². The molecule has 0 saturated heterocycles. The SMILES string of the molecule is O=C(O)c1cc(=O)c2c(C(F)(F)F)cc(C(F)(F)F)cc2[nH]1. The lowest BCUT2D eigenvalue weighted by molar-refractivity contribution is -0.142. The van der Waals surface area contributed by atoms with Gasteiger partial charge >= 0.3 is 18.3 Å². The number of aromatic nitrogens is 1. The number of aromatic amines is 1. The van der Waals surface area contributed by atoms with Gasteiger partial charge in [0.15, 0.2) is 5.43 Å². The Bertz CT molecular complexity index is 818. The van der Waals surface area contributed by atoms with Gasteiger partial charge in [0.2, 0.25) is 0 Å². The summed E-state index contributed by atoms with van der Waals surface area (Å²) in [6, 6.07) is 0.462. The molecule has 0 unspecified atom stereocenters. The summed E-state index contributed by atoms with van der Waals surface area (Å²) in [5.41, 5.74) is -6.44. The minimum absolute atomic E-state index is 0.183. The highest BCUT2D eigenvalue weighted by Gasteiger charge is 2.39. The summed E-state index contributed by atoms with van der Waals surface area (Å²) in [5, 5.41) is 7.66. The summed E-state index contributed by atoms with van der Waals surface area (Å²) in [6.07, 6.45) is -10.3. The molecule has 22 heavy (non-hydrogen) atoms. The lowest BCUT2D eigenvalue weighted by Crippen LogP contribution is -2.17. The van der Waals surface area contributed by atoms with E-state index in [0.29, 0.717) is 6.07 Å². The first-order valence-corrected chi connectivity index (χ1v) is 5.50. The number of H-pyrrole nitrogens is 1. The summed E-state index contributed by atoms with van der Waals surface area (Å²) < 4.78 is 76.7. The molecular weight excluding hydrogens is 320 g/mol. The monoisotopic (exact) mass is 325 g/mol. The van der Waals surface area contributed by atoms with Crippen molar-refractivity contribution in [3.63, 3.8) is 0 Å². The van der Waals surface area contributed by atoms with E-state index >= 15 is 0 Å². The van der Waals surface area contributed by atoms with E-state index in [1.54, 1.807) is 0 Å². The second kappa shape index (κ2) is 4.75. The highest BCUT2D eigenvalue weighted by atomic mass is 19.4. The van der Waals surface area contributed by atoms with Crippen LogP contribution in [0.25, 0.3) is 10.9 Å². The number of aromatic carboxylic acids is 1. The van der Waals surface area contributed by atoms with E-state index in [2.05, 4.69) is 0 Å². The van der Waals surface area contributed by atoms with E-state index in [-0.39, 0.29) is 12.1 Å². The van der Waals surface area contributed by atoms with Crippen LogP contribution >= 0.6 is 0 Å². The van der Waals surface area contributed by atoms with Gasteiger partial charge < -0.3 is 10.1 Å². The van der Waals surface area contributed by atoms with E-state index in [9.17, 15) is 35.9 Å². The molecule has 1 aromatic carbocycles. The number of nitrogens with one attached hydrogen (secondary N) is 1. The predicted molar refractivity (Wildman–Crippen MR) is 61.5 cm³/mol. The van der Waals surface area contributed by atoms with Crippen LogP contribution in [-0.2, 0) is 12.4 Å². The summed E-state index contributed by atoms with van der Waals surface area (Å²) in [4.78, 5) is 24.3. The number of hydrogen-bond donors (Lipinski definition) is 2. The van der Waals surface area contributed by atoms with Crippen molar-refractivity contribution in [1.29, 1.82) is 0 Å². The van der Waals surface area contributed by atoms with Crippen LogP contribution in [0.15, 0.2) is 23.0 Å².